The Balaban J connectivity index is 1.86. The van der Waals surface area contributed by atoms with Gasteiger partial charge in [-0.3, -0.25) is 0 Å². The number of hydrogen-bond donors (Lipinski definition) is 2. The largest absolute Gasteiger partial charge is 0.421 e. The molecule has 0 unspecified atom stereocenters. The highest BCUT2D eigenvalue weighted by molar-refractivity contribution is 5.54. The molecular weight excluding hydrogens is 309 g/mol. The molecule has 0 atom stereocenters. The van der Waals surface area contributed by atoms with Crippen LogP contribution in [0.15, 0.2) is 18.5 Å². The summed E-state index contributed by atoms with van der Waals surface area (Å²) in [4.78, 5) is 7.72. The Morgan fingerprint density at radius 2 is 2.13 bits per heavy atom. The van der Waals surface area contributed by atoms with Gasteiger partial charge in [0.2, 0.25) is 5.95 Å². The molecule has 6 nitrogen and oxygen atoms in total. The minimum Gasteiger partial charge on any atom is -0.370 e. The quantitative estimate of drug-likeness (QED) is 0.882. The van der Waals surface area contributed by atoms with Crippen LogP contribution in [0.3, 0.4) is 0 Å². The summed E-state index contributed by atoms with van der Waals surface area (Å²) in [7, 11) is 0. The monoisotopic (exact) mass is 325 g/mol. The van der Waals surface area contributed by atoms with Gasteiger partial charge in [0.25, 0.3) is 0 Å². The van der Waals surface area contributed by atoms with Gasteiger partial charge in [0.1, 0.15) is 17.2 Å². The van der Waals surface area contributed by atoms with Crippen LogP contribution >= 0.6 is 0 Å². The first-order chi connectivity index (χ1) is 11.0. The van der Waals surface area contributed by atoms with E-state index >= 15 is 0 Å². The van der Waals surface area contributed by atoms with Crippen molar-refractivity contribution in [3.05, 3.63) is 30.4 Å². The highest BCUT2D eigenvalue weighted by Crippen LogP contribution is 2.35. The van der Waals surface area contributed by atoms with E-state index in [1.807, 2.05) is 0 Å². The SMILES string of the molecule is CCNc1nc(Nc2ccnn2C2C[CH]C2)ncc1C(F)(F)F. The lowest BCUT2D eigenvalue weighted by atomic mass is 9.93. The lowest BCUT2D eigenvalue weighted by Crippen LogP contribution is -2.20. The smallest absolute Gasteiger partial charge is 0.370 e. The van der Waals surface area contributed by atoms with E-state index in [9.17, 15) is 13.2 Å². The predicted octanol–water partition coefficient (Wildman–Crippen LogP) is 3.41. The number of nitrogens with zero attached hydrogens (tertiary/aromatic N) is 4. The third kappa shape index (κ3) is 3.22. The summed E-state index contributed by atoms with van der Waals surface area (Å²) < 4.78 is 40.6. The highest BCUT2D eigenvalue weighted by atomic mass is 19.4. The molecule has 1 saturated carbocycles. The second-order valence-corrected chi connectivity index (χ2v) is 5.18. The molecule has 2 N–H and O–H groups in total. The number of alkyl halides is 3. The van der Waals surface area contributed by atoms with Gasteiger partial charge in [0.15, 0.2) is 0 Å². The van der Waals surface area contributed by atoms with E-state index in [0.717, 1.165) is 19.0 Å². The Kier molecular flexibility index (Phi) is 4.10. The molecule has 9 heteroatoms. The first-order valence-corrected chi connectivity index (χ1v) is 7.29. The Morgan fingerprint density at radius 3 is 2.74 bits per heavy atom. The van der Waals surface area contributed by atoms with Gasteiger partial charge in [-0.25, -0.2) is 9.67 Å². The summed E-state index contributed by atoms with van der Waals surface area (Å²) >= 11 is 0. The zero-order valence-corrected chi connectivity index (χ0v) is 12.4. The summed E-state index contributed by atoms with van der Waals surface area (Å²) in [5.74, 6) is 0.518. The van der Waals surface area contributed by atoms with Crippen molar-refractivity contribution in [2.45, 2.75) is 32.0 Å². The van der Waals surface area contributed by atoms with Gasteiger partial charge in [-0.15, -0.1) is 0 Å². The van der Waals surface area contributed by atoms with Gasteiger partial charge >= 0.3 is 6.18 Å². The Bertz CT molecular complexity index is 677. The molecule has 2 aromatic heterocycles. The Hall–Kier alpha value is -2.32. The van der Waals surface area contributed by atoms with Crippen molar-refractivity contribution in [2.75, 3.05) is 17.2 Å². The molecule has 2 aromatic rings. The highest BCUT2D eigenvalue weighted by Gasteiger charge is 2.35. The van der Waals surface area contributed by atoms with Crippen molar-refractivity contribution >= 4 is 17.6 Å². The number of anilines is 3. The van der Waals surface area contributed by atoms with Crippen molar-refractivity contribution in [2.24, 2.45) is 0 Å². The number of aromatic nitrogens is 4. The normalized spacial score (nSPS) is 15.3. The van der Waals surface area contributed by atoms with Gasteiger partial charge in [-0.1, -0.05) is 0 Å². The fourth-order valence-electron chi connectivity index (χ4n) is 2.29. The first kappa shape index (κ1) is 15.6. The minimum absolute atomic E-state index is 0.0963. The summed E-state index contributed by atoms with van der Waals surface area (Å²) in [5, 5.41) is 9.79. The average Bonchev–Trinajstić information content (AvgIpc) is 2.84. The van der Waals surface area contributed by atoms with Crippen LogP contribution in [0, 0.1) is 6.42 Å². The molecule has 1 fully saturated rings. The van der Waals surface area contributed by atoms with Gasteiger partial charge in [-0.05, 0) is 26.2 Å². The zero-order valence-electron chi connectivity index (χ0n) is 12.4. The fraction of sp³-hybridized carbons (Fsp3) is 0.429. The molecule has 23 heavy (non-hydrogen) atoms. The summed E-state index contributed by atoms with van der Waals surface area (Å²) in [6.07, 6.45) is 1.91. The molecule has 3 rings (SSSR count). The number of halogens is 3. The molecule has 1 aliphatic carbocycles. The second-order valence-electron chi connectivity index (χ2n) is 5.18. The van der Waals surface area contributed by atoms with Crippen LogP contribution in [0.1, 0.15) is 31.4 Å². The van der Waals surface area contributed by atoms with Crippen LogP contribution in [0.5, 0.6) is 0 Å². The van der Waals surface area contributed by atoms with Gasteiger partial charge in [0.05, 0.1) is 12.2 Å². The van der Waals surface area contributed by atoms with Crippen LogP contribution in [0.2, 0.25) is 0 Å². The number of hydrogen-bond acceptors (Lipinski definition) is 5. The maximum Gasteiger partial charge on any atom is 0.421 e. The van der Waals surface area contributed by atoms with E-state index in [1.165, 1.54) is 0 Å². The fourth-order valence-corrected chi connectivity index (χ4v) is 2.29. The number of rotatable bonds is 5. The van der Waals surface area contributed by atoms with Crippen LogP contribution in [-0.4, -0.2) is 26.3 Å². The van der Waals surface area contributed by atoms with Gasteiger partial charge < -0.3 is 10.6 Å². The third-order valence-corrected chi connectivity index (χ3v) is 3.57. The van der Waals surface area contributed by atoms with E-state index in [4.69, 9.17) is 0 Å². The Labute approximate surface area is 131 Å². The van der Waals surface area contributed by atoms with E-state index in [2.05, 4.69) is 32.1 Å². The van der Waals surface area contributed by atoms with Crippen molar-refractivity contribution in [3.8, 4) is 0 Å². The summed E-state index contributed by atoms with van der Waals surface area (Å²) in [6.45, 7) is 2.03. The zero-order chi connectivity index (χ0) is 16.4. The maximum absolute atomic E-state index is 12.9. The molecule has 0 spiro atoms. The molecule has 0 saturated heterocycles. The third-order valence-electron chi connectivity index (χ3n) is 3.57. The van der Waals surface area contributed by atoms with Crippen LogP contribution in [-0.2, 0) is 6.18 Å². The van der Waals surface area contributed by atoms with Crippen LogP contribution < -0.4 is 10.6 Å². The molecule has 1 radical (unpaired) electrons. The number of nitrogens with one attached hydrogen (secondary N) is 2. The molecule has 0 aromatic carbocycles. The molecule has 0 amide bonds. The van der Waals surface area contributed by atoms with E-state index < -0.39 is 11.7 Å². The molecular formula is C14H16F3N6. The second kappa shape index (κ2) is 6.05. The van der Waals surface area contributed by atoms with E-state index in [-0.39, 0.29) is 17.8 Å². The maximum atomic E-state index is 12.9. The van der Waals surface area contributed by atoms with Gasteiger partial charge in [0, 0.05) is 18.8 Å². The molecule has 0 aliphatic heterocycles. The molecule has 0 bridgehead atoms. The average molecular weight is 325 g/mol. The predicted molar refractivity (Wildman–Crippen MR) is 79.3 cm³/mol. The molecule has 2 heterocycles. The minimum atomic E-state index is -4.50. The Morgan fingerprint density at radius 1 is 1.35 bits per heavy atom. The van der Waals surface area contributed by atoms with Gasteiger partial charge in [-0.2, -0.15) is 23.3 Å². The molecule has 1 aliphatic rings. The standard InChI is InChI=1S/C14H16F3N6/c1-2-18-12-10(14(15,16)17)8-19-13(22-12)21-11-6-7-20-23(11)9-4-3-5-9/h3,6-9H,2,4-5H2,1H3,(H2,18,19,21,22). The first-order valence-electron chi connectivity index (χ1n) is 7.29. The molecule has 123 valence electrons. The van der Waals surface area contributed by atoms with E-state index in [0.29, 0.717) is 12.4 Å². The topological polar surface area (TPSA) is 67.7 Å². The lowest BCUT2D eigenvalue weighted by molar-refractivity contribution is -0.137. The van der Waals surface area contributed by atoms with Crippen molar-refractivity contribution in [1.29, 1.82) is 0 Å². The summed E-state index contributed by atoms with van der Waals surface area (Å²) in [5.41, 5.74) is -0.882. The van der Waals surface area contributed by atoms with Crippen molar-refractivity contribution in [1.82, 2.24) is 19.7 Å². The van der Waals surface area contributed by atoms with Crippen molar-refractivity contribution < 1.29 is 13.2 Å². The summed E-state index contributed by atoms with van der Waals surface area (Å²) in [6, 6.07) is 2.02. The van der Waals surface area contributed by atoms with Crippen molar-refractivity contribution in [3.63, 3.8) is 0 Å². The van der Waals surface area contributed by atoms with Crippen LogP contribution in [0.25, 0.3) is 0 Å². The van der Waals surface area contributed by atoms with Crippen LogP contribution in [0.4, 0.5) is 30.8 Å². The lowest BCUT2D eigenvalue weighted by Gasteiger charge is -2.27. The van der Waals surface area contributed by atoms with E-state index in [1.54, 1.807) is 23.9 Å².